The van der Waals surface area contributed by atoms with E-state index >= 15 is 0 Å². The first-order valence-electron chi connectivity index (χ1n) is 9.90. The second kappa shape index (κ2) is 7.70. The highest BCUT2D eigenvalue weighted by Gasteiger charge is 2.57. The highest BCUT2D eigenvalue weighted by Crippen LogP contribution is 2.56. The number of carbonyl (C=O) groups is 2. The number of benzene rings is 1. The van der Waals surface area contributed by atoms with Crippen molar-refractivity contribution < 1.29 is 22.8 Å². The van der Waals surface area contributed by atoms with E-state index in [4.69, 9.17) is 11.6 Å². The molecule has 29 heavy (non-hydrogen) atoms. The van der Waals surface area contributed by atoms with Gasteiger partial charge in [0.1, 0.15) is 12.4 Å². The maximum Gasteiger partial charge on any atom is 0.318 e. The summed E-state index contributed by atoms with van der Waals surface area (Å²) in [6.07, 6.45) is 1.52. The number of urea groups is 1. The highest BCUT2D eigenvalue weighted by molar-refractivity contribution is 6.30. The average molecular weight is 430 g/mol. The molecular weight excluding hydrogens is 407 g/mol. The van der Waals surface area contributed by atoms with E-state index in [0.717, 1.165) is 0 Å². The van der Waals surface area contributed by atoms with Crippen LogP contribution in [0.2, 0.25) is 5.02 Å². The van der Waals surface area contributed by atoms with Crippen LogP contribution in [0.15, 0.2) is 18.2 Å². The van der Waals surface area contributed by atoms with Crippen molar-refractivity contribution in [1.82, 2.24) is 15.5 Å². The second-order valence-electron chi connectivity index (χ2n) is 8.25. The molecule has 1 aliphatic heterocycles. The van der Waals surface area contributed by atoms with Crippen LogP contribution in [0.4, 0.5) is 18.0 Å². The van der Waals surface area contributed by atoms with Gasteiger partial charge in [-0.25, -0.2) is 18.0 Å². The maximum atomic E-state index is 14.4. The number of halogens is 4. The smallest absolute Gasteiger partial charge is 0.318 e. The van der Waals surface area contributed by atoms with E-state index in [9.17, 15) is 22.8 Å². The van der Waals surface area contributed by atoms with Crippen molar-refractivity contribution in [3.8, 4) is 0 Å². The van der Waals surface area contributed by atoms with Crippen molar-refractivity contribution in [3.63, 3.8) is 0 Å². The number of fused-ring (bicyclic) bond motifs is 2. The Kier molecular flexibility index (Phi) is 5.40. The van der Waals surface area contributed by atoms with Crippen molar-refractivity contribution in [2.45, 2.75) is 37.6 Å². The van der Waals surface area contributed by atoms with Crippen molar-refractivity contribution in [2.24, 2.45) is 17.8 Å². The summed E-state index contributed by atoms with van der Waals surface area (Å²) >= 11 is 5.95. The Bertz CT molecular complexity index is 806. The number of hydrogen-bond acceptors (Lipinski definition) is 2. The van der Waals surface area contributed by atoms with E-state index < -0.39 is 35.6 Å². The molecule has 158 valence electrons. The summed E-state index contributed by atoms with van der Waals surface area (Å²) in [6.45, 7) is 0.665. The van der Waals surface area contributed by atoms with Crippen LogP contribution < -0.4 is 10.6 Å². The number of carbonyl (C=O) groups excluding carboxylic acids is 2. The van der Waals surface area contributed by atoms with Crippen molar-refractivity contribution in [3.05, 3.63) is 34.6 Å². The van der Waals surface area contributed by atoms with Gasteiger partial charge in [-0.05, 0) is 49.3 Å². The van der Waals surface area contributed by atoms with Crippen LogP contribution in [0.3, 0.4) is 0 Å². The van der Waals surface area contributed by atoms with Crippen molar-refractivity contribution >= 4 is 23.5 Å². The fraction of sp³-hybridized carbons (Fsp3) is 0.600. The lowest BCUT2D eigenvalue weighted by molar-refractivity contribution is -0.123. The zero-order valence-corrected chi connectivity index (χ0v) is 16.5. The van der Waals surface area contributed by atoms with E-state index in [1.54, 1.807) is 0 Å². The predicted molar refractivity (Wildman–Crippen MR) is 101 cm³/mol. The van der Waals surface area contributed by atoms with Gasteiger partial charge in [0.2, 0.25) is 5.91 Å². The van der Waals surface area contributed by atoms with Crippen molar-refractivity contribution in [2.75, 3.05) is 19.6 Å². The van der Waals surface area contributed by atoms with Crippen LogP contribution in [-0.4, -0.2) is 42.4 Å². The standard InChI is InChI=1S/C20H23ClF3N3O2/c21-15-9-11(1-4-16(15)22)18(26-19(29)27-6-5-25-17(28)10-27)12-7-13-2-3-14(8-12)20(13,23)24/h1,4,9,12-14,18H,2-3,5-8,10H2,(H,25,28)(H,26,29)/t12?,13?,14?,18-/m1/s1. The van der Waals surface area contributed by atoms with Gasteiger partial charge in [0.15, 0.2) is 0 Å². The molecule has 0 radical (unpaired) electrons. The first-order valence-corrected chi connectivity index (χ1v) is 10.3. The third kappa shape index (κ3) is 3.91. The molecule has 1 heterocycles. The SMILES string of the molecule is O=C1CN(C(=O)N[C@H](c2ccc(F)c(Cl)c2)C2CC3CCC(C2)C3(F)F)CCN1. The first kappa shape index (κ1) is 20.3. The molecule has 9 heteroatoms. The molecule has 2 unspecified atom stereocenters. The monoisotopic (exact) mass is 429 g/mol. The van der Waals surface area contributed by atoms with Gasteiger partial charge in [0.25, 0.3) is 5.92 Å². The van der Waals surface area contributed by atoms with Crippen LogP contribution in [0.1, 0.15) is 37.3 Å². The number of nitrogens with zero attached hydrogens (tertiary/aromatic N) is 1. The summed E-state index contributed by atoms with van der Waals surface area (Å²) in [6, 6.07) is 3.18. The molecule has 2 bridgehead atoms. The summed E-state index contributed by atoms with van der Waals surface area (Å²) in [4.78, 5) is 25.8. The number of amides is 3. The minimum absolute atomic E-state index is 0.0588. The number of piperazine rings is 1. The number of nitrogens with one attached hydrogen (secondary N) is 2. The van der Waals surface area contributed by atoms with Crippen LogP contribution in [-0.2, 0) is 4.79 Å². The Morgan fingerprint density at radius 2 is 1.97 bits per heavy atom. The Balaban J connectivity index is 1.58. The minimum atomic E-state index is -2.67. The molecular formula is C20H23ClF3N3O2. The lowest BCUT2D eigenvalue weighted by atomic mass is 9.73. The van der Waals surface area contributed by atoms with Gasteiger partial charge in [-0.1, -0.05) is 17.7 Å². The topological polar surface area (TPSA) is 61.4 Å². The maximum absolute atomic E-state index is 14.4. The van der Waals surface area contributed by atoms with E-state index in [1.165, 1.54) is 23.1 Å². The second-order valence-corrected chi connectivity index (χ2v) is 8.66. The normalized spacial score (nSPS) is 29.3. The molecule has 3 aliphatic rings. The molecule has 1 saturated heterocycles. The van der Waals surface area contributed by atoms with Crippen LogP contribution in [0.5, 0.6) is 0 Å². The third-order valence-electron chi connectivity index (χ3n) is 6.51. The van der Waals surface area contributed by atoms with Gasteiger partial charge in [-0.15, -0.1) is 0 Å². The third-order valence-corrected chi connectivity index (χ3v) is 6.80. The van der Waals surface area contributed by atoms with Gasteiger partial charge in [-0.3, -0.25) is 4.79 Å². The number of rotatable bonds is 3. The Morgan fingerprint density at radius 1 is 1.28 bits per heavy atom. The molecule has 3 amide bonds. The molecule has 1 aromatic carbocycles. The zero-order chi connectivity index (χ0) is 20.8. The fourth-order valence-electron chi connectivity index (χ4n) is 4.99. The number of hydrogen-bond donors (Lipinski definition) is 2. The zero-order valence-electron chi connectivity index (χ0n) is 15.8. The van der Waals surface area contributed by atoms with E-state index in [-0.39, 0.29) is 36.2 Å². The quantitative estimate of drug-likeness (QED) is 0.769. The molecule has 4 rings (SSSR count). The fourth-order valence-corrected chi connectivity index (χ4v) is 5.17. The number of alkyl halides is 2. The molecule has 1 aromatic rings. The Labute approximate surface area is 172 Å². The minimum Gasteiger partial charge on any atom is -0.353 e. The average Bonchev–Trinajstić information content (AvgIpc) is 2.85. The summed E-state index contributed by atoms with van der Waals surface area (Å²) in [5.41, 5.74) is 0.584. The summed E-state index contributed by atoms with van der Waals surface area (Å²) in [5.74, 6) is -5.12. The first-order chi connectivity index (χ1) is 13.8. The van der Waals surface area contributed by atoms with Gasteiger partial charge in [0, 0.05) is 24.9 Å². The predicted octanol–water partition coefficient (Wildman–Crippen LogP) is 3.73. The highest BCUT2D eigenvalue weighted by atomic mass is 35.5. The van der Waals surface area contributed by atoms with Crippen LogP contribution >= 0.6 is 11.6 Å². The van der Waals surface area contributed by atoms with Crippen LogP contribution in [0, 0.1) is 23.6 Å². The summed E-state index contributed by atoms with van der Waals surface area (Å²) < 4.78 is 42.5. The van der Waals surface area contributed by atoms with Gasteiger partial charge in [-0.2, -0.15) is 0 Å². The molecule has 5 nitrogen and oxygen atoms in total. The summed E-state index contributed by atoms with van der Waals surface area (Å²) in [7, 11) is 0. The van der Waals surface area contributed by atoms with E-state index in [2.05, 4.69) is 10.6 Å². The van der Waals surface area contributed by atoms with Crippen LogP contribution in [0.25, 0.3) is 0 Å². The molecule has 2 saturated carbocycles. The Hall–Kier alpha value is -1.96. The van der Waals surface area contributed by atoms with Gasteiger partial charge >= 0.3 is 6.03 Å². The van der Waals surface area contributed by atoms with E-state index in [0.29, 0.717) is 31.5 Å². The van der Waals surface area contributed by atoms with E-state index in [1.807, 2.05) is 0 Å². The molecule has 2 aliphatic carbocycles. The molecule has 3 atom stereocenters. The lowest BCUT2D eigenvalue weighted by Crippen LogP contribution is -2.54. The molecule has 2 N–H and O–H groups in total. The summed E-state index contributed by atoms with van der Waals surface area (Å²) in [5, 5.41) is 5.49. The van der Waals surface area contributed by atoms with Gasteiger partial charge in [0.05, 0.1) is 11.1 Å². The van der Waals surface area contributed by atoms with Crippen molar-refractivity contribution in [1.29, 1.82) is 0 Å². The Morgan fingerprint density at radius 3 is 2.59 bits per heavy atom. The molecule has 3 fully saturated rings. The molecule has 0 spiro atoms. The largest absolute Gasteiger partial charge is 0.353 e. The lowest BCUT2D eigenvalue weighted by Gasteiger charge is -2.40. The molecule has 0 aromatic heterocycles. The van der Waals surface area contributed by atoms with Gasteiger partial charge < -0.3 is 15.5 Å².